The molecule has 0 spiro atoms. The van der Waals surface area contributed by atoms with Crippen LogP contribution in [0.5, 0.6) is 0 Å². The largest absolute Gasteiger partial charge is 0.416 e. The summed E-state index contributed by atoms with van der Waals surface area (Å²) in [5.74, 6) is 0.738. The number of aryl methyl sites for hydroxylation is 1. The topological polar surface area (TPSA) is 42.7 Å². The molecule has 0 aliphatic carbocycles. The molecule has 4 nitrogen and oxygen atoms in total. The van der Waals surface area contributed by atoms with Crippen LogP contribution in [0.1, 0.15) is 18.3 Å². The first-order valence-electron chi connectivity index (χ1n) is 5.78. The zero-order valence-electron chi connectivity index (χ0n) is 10.3. The third-order valence-electron chi connectivity index (χ3n) is 2.70. The highest BCUT2D eigenvalue weighted by Crippen LogP contribution is 2.29. The first kappa shape index (κ1) is 13.4. The average molecular weight is 270 g/mol. The van der Waals surface area contributed by atoms with Crippen molar-refractivity contribution in [2.45, 2.75) is 26.2 Å². The maximum absolute atomic E-state index is 12.4. The van der Waals surface area contributed by atoms with Crippen molar-refractivity contribution >= 4 is 5.69 Å². The lowest BCUT2D eigenvalue weighted by Gasteiger charge is -2.09. The third-order valence-corrected chi connectivity index (χ3v) is 2.70. The summed E-state index contributed by atoms with van der Waals surface area (Å²) in [6, 6.07) is 4.89. The summed E-state index contributed by atoms with van der Waals surface area (Å²) in [5, 5.41) is 10.7. The summed E-state index contributed by atoms with van der Waals surface area (Å²) < 4.78 is 39.0. The molecular weight excluding hydrogens is 257 g/mol. The molecule has 0 saturated heterocycles. The molecule has 0 aliphatic rings. The summed E-state index contributed by atoms with van der Waals surface area (Å²) in [4.78, 5) is 0. The second-order valence-corrected chi connectivity index (χ2v) is 3.96. The van der Waals surface area contributed by atoms with Crippen molar-refractivity contribution < 1.29 is 13.2 Å². The summed E-state index contributed by atoms with van der Waals surface area (Å²) in [7, 11) is 0. The zero-order chi connectivity index (χ0) is 13.9. The molecule has 0 unspecified atom stereocenters. The Bertz CT molecular complexity index is 531. The number of nitrogens with one attached hydrogen (secondary N) is 1. The Morgan fingerprint density at radius 2 is 1.89 bits per heavy atom. The van der Waals surface area contributed by atoms with E-state index in [9.17, 15) is 13.2 Å². The van der Waals surface area contributed by atoms with Gasteiger partial charge < -0.3 is 9.88 Å². The second kappa shape index (κ2) is 5.29. The molecule has 2 aromatic rings. The van der Waals surface area contributed by atoms with E-state index in [2.05, 4.69) is 15.5 Å². The Morgan fingerprint density at radius 3 is 2.47 bits per heavy atom. The Morgan fingerprint density at radius 1 is 1.21 bits per heavy atom. The van der Waals surface area contributed by atoms with Gasteiger partial charge in [-0.25, -0.2) is 0 Å². The van der Waals surface area contributed by atoms with E-state index in [1.54, 1.807) is 6.33 Å². The van der Waals surface area contributed by atoms with Gasteiger partial charge >= 0.3 is 6.18 Å². The van der Waals surface area contributed by atoms with E-state index >= 15 is 0 Å². The lowest BCUT2D eigenvalue weighted by atomic mass is 10.2. The predicted molar refractivity (Wildman–Crippen MR) is 64.5 cm³/mol. The van der Waals surface area contributed by atoms with E-state index in [4.69, 9.17) is 0 Å². The molecule has 0 radical (unpaired) electrons. The van der Waals surface area contributed by atoms with Gasteiger partial charge in [-0.2, -0.15) is 13.2 Å². The summed E-state index contributed by atoms with van der Waals surface area (Å²) in [6.07, 6.45) is -2.69. The van der Waals surface area contributed by atoms with Crippen molar-refractivity contribution in [1.82, 2.24) is 14.8 Å². The molecule has 0 fully saturated rings. The summed E-state index contributed by atoms with van der Waals surface area (Å²) >= 11 is 0. The van der Waals surface area contributed by atoms with Gasteiger partial charge in [-0.15, -0.1) is 10.2 Å². The monoisotopic (exact) mass is 270 g/mol. The smallest absolute Gasteiger partial charge is 0.378 e. The highest BCUT2D eigenvalue weighted by atomic mass is 19.4. The summed E-state index contributed by atoms with van der Waals surface area (Å²) in [6.45, 7) is 3.13. The lowest BCUT2D eigenvalue weighted by Crippen LogP contribution is -2.08. The van der Waals surface area contributed by atoms with Crippen LogP contribution in [-0.2, 0) is 19.3 Å². The van der Waals surface area contributed by atoms with Crippen LogP contribution in [0, 0.1) is 0 Å². The van der Waals surface area contributed by atoms with Crippen LogP contribution in [0.2, 0.25) is 0 Å². The first-order valence-corrected chi connectivity index (χ1v) is 5.78. The fourth-order valence-corrected chi connectivity index (χ4v) is 1.64. The van der Waals surface area contributed by atoms with Crippen LogP contribution in [0.15, 0.2) is 30.6 Å². The minimum atomic E-state index is -4.30. The molecule has 7 heteroatoms. The molecular formula is C12H13F3N4. The Balaban J connectivity index is 2.01. The molecule has 0 bridgehead atoms. The fourth-order valence-electron chi connectivity index (χ4n) is 1.64. The van der Waals surface area contributed by atoms with E-state index in [1.807, 2.05) is 11.5 Å². The Hall–Kier alpha value is -2.05. The lowest BCUT2D eigenvalue weighted by molar-refractivity contribution is -0.137. The van der Waals surface area contributed by atoms with Gasteiger partial charge in [0.2, 0.25) is 0 Å². The van der Waals surface area contributed by atoms with Crippen LogP contribution < -0.4 is 5.32 Å². The van der Waals surface area contributed by atoms with Crippen LogP contribution in [0.25, 0.3) is 0 Å². The van der Waals surface area contributed by atoms with E-state index in [1.165, 1.54) is 12.1 Å². The predicted octanol–water partition coefficient (Wildman–Crippen LogP) is 2.93. The molecule has 2 rings (SSSR count). The molecule has 1 N–H and O–H groups in total. The van der Waals surface area contributed by atoms with E-state index < -0.39 is 11.7 Å². The van der Waals surface area contributed by atoms with Crippen molar-refractivity contribution in [3.05, 3.63) is 42.0 Å². The molecule has 19 heavy (non-hydrogen) atoms. The van der Waals surface area contributed by atoms with Crippen molar-refractivity contribution in [2.24, 2.45) is 0 Å². The van der Waals surface area contributed by atoms with Crippen LogP contribution >= 0.6 is 0 Å². The van der Waals surface area contributed by atoms with Gasteiger partial charge in [-0.05, 0) is 31.2 Å². The third kappa shape index (κ3) is 3.24. The van der Waals surface area contributed by atoms with Gasteiger partial charge in [0, 0.05) is 12.2 Å². The average Bonchev–Trinajstić information content (AvgIpc) is 2.83. The quantitative estimate of drug-likeness (QED) is 0.928. The minimum Gasteiger partial charge on any atom is -0.378 e. The standard InChI is InChI=1S/C12H13F3N4/c1-2-19-8-17-18-11(19)7-16-10-5-3-9(4-6-10)12(13,14)15/h3-6,8,16H,2,7H2,1H3. The number of benzene rings is 1. The maximum atomic E-state index is 12.4. The number of alkyl halides is 3. The van der Waals surface area contributed by atoms with Crippen LogP contribution in [0.4, 0.5) is 18.9 Å². The van der Waals surface area contributed by atoms with Crippen LogP contribution in [-0.4, -0.2) is 14.8 Å². The van der Waals surface area contributed by atoms with Crippen molar-refractivity contribution in [3.63, 3.8) is 0 Å². The highest BCUT2D eigenvalue weighted by Gasteiger charge is 2.29. The fraction of sp³-hybridized carbons (Fsp3) is 0.333. The first-order chi connectivity index (χ1) is 9.00. The van der Waals surface area contributed by atoms with Crippen molar-refractivity contribution in [2.75, 3.05) is 5.32 Å². The molecule has 1 heterocycles. The van der Waals surface area contributed by atoms with E-state index in [0.717, 1.165) is 24.5 Å². The van der Waals surface area contributed by atoms with Gasteiger partial charge in [0.05, 0.1) is 12.1 Å². The van der Waals surface area contributed by atoms with Crippen LogP contribution in [0.3, 0.4) is 0 Å². The molecule has 0 saturated carbocycles. The molecule has 1 aromatic carbocycles. The number of nitrogens with zero attached hydrogens (tertiary/aromatic N) is 3. The van der Waals surface area contributed by atoms with E-state index in [-0.39, 0.29) is 0 Å². The van der Waals surface area contributed by atoms with E-state index in [0.29, 0.717) is 12.2 Å². The Kier molecular flexibility index (Phi) is 3.73. The normalized spacial score (nSPS) is 11.6. The summed E-state index contributed by atoms with van der Waals surface area (Å²) in [5.41, 5.74) is -0.0478. The molecule has 0 amide bonds. The highest BCUT2D eigenvalue weighted by molar-refractivity contribution is 5.45. The van der Waals surface area contributed by atoms with Gasteiger partial charge in [-0.3, -0.25) is 0 Å². The molecule has 0 atom stereocenters. The zero-order valence-corrected chi connectivity index (χ0v) is 10.3. The SMILES string of the molecule is CCn1cnnc1CNc1ccc(C(F)(F)F)cc1. The van der Waals surface area contributed by atoms with Gasteiger partial charge in [0.25, 0.3) is 0 Å². The van der Waals surface area contributed by atoms with Gasteiger partial charge in [0.1, 0.15) is 6.33 Å². The van der Waals surface area contributed by atoms with Gasteiger partial charge in [0.15, 0.2) is 5.82 Å². The second-order valence-electron chi connectivity index (χ2n) is 3.96. The Labute approximate surface area is 108 Å². The molecule has 102 valence electrons. The molecule has 0 aliphatic heterocycles. The van der Waals surface area contributed by atoms with Gasteiger partial charge in [-0.1, -0.05) is 0 Å². The number of rotatable bonds is 4. The number of hydrogen-bond acceptors (Lipinski definition) is 3. The number of anilines is 1. The number of aromatic nitrogens is 3. The number of halogens is 3. The maximum Gasteiger partial charge on any atom is 0.416 e. The number of hydrogen-bond donors (Lipinski definition) is 1. The minimum absolute atomic E-state index is 0.416. The van der Waals surface area contributed by atoms with Crippen molar-refractivity contribution in [3.8, 4) is 0 Å². The molecule has 1 aromatic heterocycles. The van der Waals surface area contributed by atoms with Crippen molar-refractivity contribution in [1.29, 1.82) is 0 Å².